The van der Waals surface area contributed by atoms with Crippen LogP contribution in [0.4, 0.5) is 0 Å². The Bertz CT molecular complexity index is 575. The van der Waals surface area contributed by atoms with E-state index in [-0.39, 0.29) is 5.69 Å². The lowest BCUT2D eigenvalue weighted by Gasteiger charge is -2.06. The van der Waals surface area contributed by atoms with Crippen molar-refractivity contribution < 1.29 is 14.6 Å². The Hall–Kier alpha value is -2.30. The molecular formula is C13H14N2O3. The van der Waals surface area contributed by atoms with Gasteiger partial charge in [0.2, 0.25) is 0 Å². The number of imidazole rings is 1. The number of aromatic nitrogens is 2. The Morgan fingerprint density at radius 2 is 2.28 bits per heavy atom. The molecule has 18 heavy (non-hydrogen) atoms. The zero-order valence-electron chi connectivity index (χ0n) is 10.3. The van der Waals surface area contributed by atoms with Gasteiger partial charge in [-0.05, 0) is 31.5 Å². The molecule has 0 atom stereocenters. The first-order valence-corrected chi connectivity index (χ1v) is 5.65. The number of ether oxygens (including phenoxy) is 1. The summed E-state index contributed by atoms with van der Waals surface area (Å²) in [7, 11) is 0. The summed E-state index contributed by atoms with van der Waals surface area (Å²) in [6, 6.07) is 7.81. The van der Waals surface area contributed by atoms with Gasteiger partial charge in [-0.2, -0.15) is 4.98 Å². The van der Waals surface area contributed by atoms with Crippen LogP contribution in [0, 0.1) is 6.92 Å². The monoisotopic (exact) mass is 246 g/mol. The maximum Gasteiger partial charge on any atom is 0.356 e. The maximum absolute atomic E-state index is 10.9. The fourth-order valence-corrected chi connectivity index (χ4v) is 1.59. The third kappa shape index (κ3) is 2.51. The van der Waals surface area contributed by atoms with Gasteiger partial charge in [0.25, 0.3) is 0 Å². The first-order valence-electron chi connectivity index (χ1n) is 5.65. The van der Waals surface area contributed by atoms with Crippen molar-refractivity contribution in [2.24, 2.45) is 0 Å². The van der Waals surface area contributed by atoms with Gasteiger partial charge in [0.05, 0.1) is 0 Å². The molecule has 1 aromatic carbocycles. The van der Waals surface area contributed by atoms with Crippen LogP contribution in [-0.4, -0.2) is 20.6 Å². The molecule has 0 aliphatic rings. The van der Waals surface area contributed by atoms with Crippen LogP contribution in [0.1, 0.15) is 23.0 Å². The second-order valence-corrected chi connectivity index (χ2v) is 3.92. The normalized spacial score (nSPS) is 10.3. The molecule has 0 fully saturated rings. The Morgan fingerprint density at radius 3 is 2.89 bits per heavy atom. The van der Waals surface area contributed by atoms with E-state index in [0.29, 0.717) is 18.3 Å². The highest BCUT2D eigenvalue weighted by atomic mass is 16.5. The van der Waals surface area contributed by atoms with E-state index in [1.54, 1.807) is 4.57 Å². The Balaban J connectivity index is 2.30. The SMILES string of the molecule is CCn1cc(C(=O)O)nc1Oc1cccc(C)c1. The van der Waals surface area contributed by atoms with Gasteiger partial charge in [0.1, 0.15) is 5.75 Å². The van der Waals surface area contributed by atoms with Crippen LogP contribution in [0.25, 0.3) is 0 Å². The largest absolute Gasteiger partial charge is 0.476 e. The number of benzene rings is 1. The molecule has 0 amide bonds. The van der Waals surface area contributed by atoms with Crippen LogP contribution in [0.5, 0.6) is 11.8 Å². The van der Waals surface area contributed by atoms with E-state index in [1.165, 1.54) is 6.20 Å². The minimum absolute atomic E-state index is 0.0143. The predicted octanol–water partition coefficient (Wildman–Crippen LogP) is 2.70. The zero-order valence-corrected chi connectivity index (χ0v) is 10.3. The van der Waals surface area contributed by atoms with E-state index in [1.807, 2.05) is 38.1 Å². The number of nitrogens with zero attached hydrogens (tertiary/aromatic N) is 2. The van der Waals surface area contributed by atoms with E-state index in [9.17, 15) is 4.79 Å². The third-order valence-corrected chi connectivity index (χ3v) is 2.50. The Kier molecular flexibility index (Phi) is 3.32. The number of rotatable bonds is 4. The molecule has 5 heteroatoms. The number of hydrogen-bond donors (Lipinski definition) is 1. The average Bonchev–Trinajstić information content (AvgIpc) is 2.72. The standard InChI is InChI=1S/C13H14N2O3/c1-3-15-8-11(12(16)17)14-13(15)18-10-6-4-5-9(2)7-10/h4-8H,3H2,1-2H3,(H,16,17). The summed E-state index contributed by atoms with van der Waals surface area (Å²) in [6.45, 7) is 4.46. The van der Waals surface area contributed by atoms with Crippen molar-refractivity contribution in [2.75, 3.05) is 0 Å². The van der Waals surface area contributed by atoms with E-state index >= 15 is 0 Å². The van der Waals surface area contributed by atoms with Gasteiger partial charge < -0.3 is 14.4 Å². The molecule has 0 saturated carbocycles. The summed E-state index contributed by atoms with van der Waals surface area (Å²) in [4.78, 5) is 14.8. The minimum atomic E-state index is -1.06. The number of aryl methyl sites for hydroxylation is 2. The van der Waals surface area contributed by atoms with Crippen molar-refractivity contribution in [2.45, 2.75) is 20.4 Å². The molecule has 2 rings (SSSR count). The highest BCUT2D eigenvalue weighted by Gasteiger charge is 2.13. The van der Waals surface area contributed by atoms with E-state index in [4.69, 9.17) is 9.84 Å². The summed E-state index contributed by atoms with van der Waals surface area (Å²) in [5, 5.41) is 8.90. The van der Waals surface area contributed by atoms with Crippen molar-refractivity contribution >= 4 is 5.97 Å². The van der Waals surface area contributed by atoms with Crippen LogP contribution in [0.15, 0.2) is 30.5 Å². The summed E-state index contributed by atoms with van der Waals surface area (Å²) in [6.07, 6.45) is 1.47. The van der Waals surface area contributed by atoms with Crippen molar-refractivity contribution in [3.8, 4) is 11.8 Å². The second-order valence-electron chi connectivity index (χ2n) is 3.92. The first kappa shape index (κ1) is 12.2. The Labute approximate surface area is 105 Å². The molecule has 0 spiro atoms. The molecule has 0 aliphatic heterocycles. The summed E-state index contributed by atoms with van der Waals surface area (Å²) < 4.78 is 7.26. The van der Waals surface area contributed by atoms with Crippen LogP contribution >= 0.6 is 0 Å². The van der Waals surface area contributed by atoms with Gasteiger partial charge in [-0.1, -0.05) is 12.1 Å². The lowest BCUT2D eigenvalue weighted by molar-refractivity contribution is 0.0690. The molecule has 1 heterocycles. The molecule has 5 nitrogen and oxygen atoms in total. The molecule has 94 valence electrons. The van der Waals surface area contributed by atoms with Gasteiger partial charge in [-0.15, -0.1) is 0 Å². The van der Waals surface area contributed by atoms with E-state index in [0.717, 1.165) is 5.56 Å². The van der Waals surface area contributed by atoms with Crippen LogP contribution < -0.4 is 4.74 Å². The van der Waals surface area contributed by atoms with Crippen LogP contribution in [0.3, 0.4) is 0 Å². The number of carboxylic acid groups (broad SMARTS) is 1. The van der Waals surface area contributed by atoms with Crippen molar-refractivity contribution in [3.63, 3.8) is 0 Å². The smallest absolute Gasteiger partial charge is 0.356 e. The van der Waals surface area contributed by atoms with E-state index in [2.05, 4.69) is 4.98 Å². The Morgan fingerprint density at radius 1 is 1.50 bits per heavy atom. The summed E-state index contributed by atoms with van der Waals surface area (Å²) >= 11 is 0. The maximum atomic E-state index is 10.9. The van der Waals surface area contributed by atoms with Crippen molar-refractivity contribution in [1.82, 2.24) is 9.55 Å². The van der Waals surface area contributed by atoms with Gasteiger partial charge in [-0.3, -0.25) is 0 Å². The molecule has 1 aromatic heterocycles. The molecule has 0 bridgehead atoms. The molecule has 0 unspecified atom stereocenters. The lowest BCUT2D eigenvalue weighted by atomic mass is 10.2. The summed E-state index contributed by atoms with van der Waals surface area (Å²) in [5.74, 6) is -0.413. The molecule has 0 saturated heterocycles. The van der Waals surface area contributed by atoms with Gasteiger partial charge in [0.15, 0.2) is 5.69 Å². The highest BCUT2D eigenvalue weighted by Crippen LogP contribution is 2.21. The van der Waals surface area contributed by atoms with Gasteiger partial charge >= 0.3 is 12.0 Å². The molecule has 2 aromatic rings. The lowest BCUT2D eigenvalue weighted by Crippen LogP contribution is -1.97. The van der Waals surface area contributed by atoms with Crippen LogP contribution in [-0.2, 0) is 6.54 Å². The highest BCUT2D eigenvalue weighted by molar-refractivity contribution is 5.85. The van der Waals surface area contributed by atoms with Gasteiger partial charge in [0, 0.05) is 12.7 Å². The van der Waals surface area contributed by atoms with Crippen molar-refractivity contribution in [1.29, 1.82) is 0 Å². The number of aromatic carboxylic acids is 1. The number of carbonyl (C=O) groups is 1. The molecule has 1 N–H and O–H groups in total. The number of carboxylic acids is 1. The third-order valence-electron chi connectivity index (χ3n) is 2.50. The average molecular weight is 246 g/mol. The fourth-order valence-electron chi connectivity index (χ4n) is 1.59. The number of hydrogen-bond acceptors (Lipinski definition) is 3. The fraction of sp³-hybridized carbons (Fsp3) is 0.231. The predicted molar refractivity (Wildman–Crippen MR) is 66.1 cm³/mol. The summed E-state index contributed by atoms with van der Waals surface area (Å²) in [5.41, 5.74) is 1.06. The van der Waals surface area contributed by atoms with Crippen LogP contribution in [0.2, 0.25) is 0 Å². The van der Waals surface area contributed by atoms with E-state index < -0.39 is 5.97 Å². The first-order chi connectivity index (χ1) is 8.60. The van der Waals surface area contributed by atoms with Crippen molar-refractivity contribution in [3.05, 3.63) is 41.7 Å². The molecule has 0 aliphatic carbocycles. The zero-order chi connectivity index (χ0) is 13.1. The van der Waals surface area contributed by atoms with Gasteiger partial charge in [-0.25, -0.2) is 4.79 Å². The second kappa shape index (κ2) is 4.91. The minimum Gasteiger partial charge on any atom is -0.476 e. The molecule has 0 radical (unpaired) electrons. The topological polar surface area (TPSA) is 64.4 Å². The molecular weight excluding hydrogens is 232 g/mol. The quantitative estimate of drug-likeness (QED) is 0.900.